The van der Waals surface area contributed by atoms with Crippen LogP contribution in [0.4, 0.5) is 0 Å². The molecule has 0 amide bonds. The van der Waals surface area contributed by atoms with Gasteiger partial charge in [-0.2, -0.15) is 4.37 Å². The van der Waals surface area contributed by atoms with Crippen molar-refractivity contribution in [2.24, 2.45) is 0 Å². The van der Waals surface area contributed by atoms with Crippen LogP contribution in [0.2, 0.25) is 0 Å². The van der Waals surface area contributed by atoms with Gasteiger partial charge in [0.2, 0.25) is 6.73 Å². The molecule has 1 aromatic rings. The van der Waals surface area contributed by atoms with Crippen LogP contribution in [0, 0.1) is 0 Å². The molecule has 0 saturated carbocycles. The molecule has 1 aliphatic heterocycles. The lowest BCUT2D eigenvalue weighted by Gasteiger charge is -2.36. The maximum absolute atomic E-state index is 12.4. The minimum absolute atomic E-state index is 0.0699. The van der Waals surface area contributed by atoms with Crippen LogP contribution in [0.15, 0.2) is 18.2 Å². The summed E-state index contributed by atoms with van der Waals surface area (Å²) >= 11 is 1.21. The third kappa shape index (κ3) is 15.3. The Hall–Kier alpha value is -1.73. The maximum atomic E-state index is 12.4. The molecule has 2 rings (SSSR count). The molecule has 1 atom stereocenters. The van der Waals surface area contributed by atoms with Crippen molar-refractivity contribution in [2.45, 2.75) is 136 Å². The summed E-state index contributed by atoms with van der Waals surface area (Å²) in [5.41, 5.74) is 2.02. The summed E-state index contributed by atoms with van der Waals surface area (Å²) in [5.74, 6) is 0.585. The number of nitrogens with zero attached hydrogens (tertiary/aromatic N) is 3. The number of esters is 1. The Balaban J connectivity index is 1.53. The molecule has 1 aromatic heterocycles. The Morgan fingerprint density at radius 2 is 1.50 bits per heavy atom. The van der Waals surface area contributed by atoms with Crippen LogP contribution < -0.4 is 4.74 Å². The van der Waals surface area contributed by atoms with Gasteiger partial charge in [-0.05, 0) is 38.5 Å². The number of allylic oxidation sites excluding steroid dienone is 2. The second-order valence-electron chi connectivity index (χ2n) is 11.8. The van der Waals surface area contributed by atoms with E-state index < -0.39 is 0 Å². The second-order valence-corrected chi connectivity index (χ2v) is 12.4. The lowest BCUT2D eigenvalue weighted by molar-refractivity contribution is -0.919. The van der Waals surface area contributed by atoms with E-state index >= 15 is 0 Å². The Morgan fingerprint density at radius 1 is 0.875 bits per heavy atom. The molecule has 0 spiro atoms. The first kappa shape index (κ1) is 34.5. The third-order valence-electron chi connectivity index (χ3n) is 7.79. The topological polar surface area (TPSA) is 61.3 Å². The zero-order valence-corrected chi connectivity index (χ0v) is 26.8. The van der Waals surface area contributed by atoms with E-state index in [0.717, 1.165) is 50.0 Å². The average Bonchev–Trinajstić information content (AvgIpc) is 3.43. The Morgan fingerprint density at radius 3 is 2.20 bits per heavy atom. The fourth-order valence-corrected chi connectivity index (χ4v) is 5.73. The van der Waals surface area contributed by atoms with Gasteiger partial charge in [-0.3, -0.25) is 9.28 Å². The summed E-state index contributed by atoms with van der Waals surface area (Å²) in [6.07, 6.45) is 29.5. The number of likely N-dealkylation sites (N-methyl/N-ethyl adjacent to an activating group) is 1. The first-order valence-electron chi connectivity index (χ1n) is 16.4. The van der Waals surface area contributed by atoms with E-state index in [9.17, 15) is 4.79 Å². The fourth-order valence-electron chi connectivity index (χ4n) is 5.20. The number of carbonyl (C=O) groups excluding carboxylic acids is 1. The maximum Gasteiger partial charge on any atom is 0.310 e. The van der Waals surface area contributed by atoms with Crippen molar-refractivity contribution in [1.29, 1.82) is 0 Å². The van der Waals surface area contributed by atoms with Crippen LogP contribution in [-0.2, 0) is 9.53 Å². The van der Waals surface area contributed by atoms with Gasteiger partial charge in [0.05, 0.1) is 31.9 Å². The number of carbonyl (C=O) groups is 1. The summed E-state index contributed by atoms with van der Waals surface area (Å²) < 4.78 is 21.3. The van der Waals surface area contributed by atoms with E-state index in [0.29, 0.717) is 30.1 Å². The van der Waals surface area contributed by atoms with Crippen LogP contribution in [0.5, 0.6) is 5.88 Å². The highest BCUT2D eigenvalue weighted by Gasteiger charge is 2.31. The third-order valence-corrected chi connectivity index (χ3v) is 8.30. The van der Waals surface area contributed by atoms with Gasteiger partial charge in [-0.25, -0.2) is 0 Å². The van der Waals surface area contributed by atoms with Gasteiger partial charge in [-0.1, -0.05) is 103 Å². The van der Waals surface area contributed by atoms with Gasteiger partial charge >= 0.3 is 5.97 Å². The predicted molar refractivity (Wildman–Crippen MR) is 168 cm³/mol. The van der Waals surface area contributed by atoms with Gasteiger partial charge in [0, 0.05) is 18.4 Å². The quantitative estimate of drug-likeness (QED) is 0.0531. The molecule has 0 radical (unpaired) electrons. The molecule has 0 bridgehead atoms. The largest absolute Gasteiger partial charge is 0.475 e. The molecule has 1 aliphatic rings. The minimum Gasteiger partial charge on any atom is -0.475 e. The normalized spacial score (nSPS) is 17.3. The van der Waals surface area contributed by atoms with E-state index in [2.05, 4.69) is 47.9 Å². The highest BCUT2D eigenvalue weighted by molar-refractivity contribution is 6.99. The Bertz CT molecular complexity index is 854. The molecule has 0 aliphatic carbocycles. The van der Waals surface area contributed by atoms with Gasteiger partial charge < -0.3 is 9.47 Å². The average molecular weight is 577 g/mol. The number of rotatable bonds is 24. The van der Waals surface area contributed by atoms with Crippen LogP contribution in [0.3, 0.4) is 0 Å². The molecule has 0 N–H and O–H groups in total. The van der Waals surface area contributed by atoms with Gasteiger partial charge in [-0.15, -0.1) is 4.37 Å². The number of hydrogen-bond acceptors (Lipinski definition) is 6. The van der Waals surface area contributed by atoms with Crippen LogP contribution in [-0.4, -0.2) is 52.7 Å². The van der Waals surface area contributed by atoms with Crippen molar-refractivity contribution in [3.8, 4) is 5.88 Å². The SMILES string of the molecule is CCCCCCCC/C=C\CCCCCCCC(=O)OC[N+]1(C)CCC=C(c2nsnc2OCCCCCC)C1. The van der Waals surface area contributed by atoms with Gasteiger partial charge in [0.25, 0.3) is 5.88 Å². The first-order valence-corrected chi connectivity index (χ1v) is 17.1. The molecule has 0 fully saturated rings. The molecular weight excluding hydrogens is 518 g/mol. The van der Waals surface area contributed by atoms with E-state index in [4.69, 9.17) is 9.47 Å². The first-order chi connectivity index (χ1) is 19.6. The van der Waals surface area contributed by atoms with Crippen molar-refractivity contribution < 1.29 is 18.8 Å². The van der Waals surface area contributed by atoms with Crippen molar-refractivity contribution in [1.82, 2.24) is 8.75 Å². The standard InChI is InChI=1S/C33H58N3O3S/c1-4-6-8-10-11-12-13-14-15-16-17-18-19-20-21-25-31(37)39-29-36(3)26-23-24-30(28-36)32-33(35-40-34-32)38-27-22-9-7-5-2/h14-15,24H,4-13,16-23,25-29H2,1-3H3/q+1/b15-14-. The molecule has 228 valence electrons. The lowest BCUT2D eigenvalue weighted by atomic mass is 10.1. The number of quaternary nitrogens is 1. The Labute approximate surface area is 249 Å². The molecule has 40 heavy (non-hydrogen) atoms. The zero-order valence-electron chi connectivity index (χ0n) is 26.0. The zero-order chi connectivity index (χ0) is 28.7. The molecule has 2 heterocycles. The van der Waals surface area contributed by atoms with Crippen molar-refractivity contribution in [2.75, 3.05) is 33.5 Å². The molecule has 6 nitrogen and oxygen atoms in total. The van der Waals surface area contributed by atoms with E-state index in [1.807, 2.05) is 0 Å². The molecule has 1 unspecified atom stereocenters. The van der Waals surface area contributed by atoms with Gasteiger partial charge in [0.1, 0.15) is 12.2 Å². The van der Waals surface area contributed by atoms with E-state index in [1.54, 1.807) is 0 Å². The number of unbranched alkanes of at least 4 members (excludes halogenated alkanes) is 14. The Kier molecular flexibility index (Phi) is 18.9. The monoisotopic (exact) mass is 576 g/mol. The minimum atomic E-state index is -0.0699. The summed E-state index contributed by atoms with van der Waals surface area (Å²) in [4.78, 5) is 12.4. The highest BCUT2D eigenvalue weighted by Crippen LogP contribution is 2.30. The van der Waals surface area contributed by atoms with Crippen molar-refractivity contribution in [3.05, 3.63) is 23.9 Å². The molecule has 0 saturated heterocycles. The van der Waals surface area contributed by atoms with Crippen molar-refractivity contribution >= 4 is 23.3 Å². The van der Waals surface area contributed by atoms with Crippen LogP contribution in [0.1, 0.15) is 142 Å². The predicted octanol–water partition coefficient (Wildman–Crippen LogP) is 9.27. The highest BCUT2D eigenvalue weighted by atomic mass is 32.1. The van der Waals surface area contributed by atoms with Crippen molar-refractivity contribution in [3.63, 3.8) is 0 Å². The lowest BCUT2D eigenvalue weighted by Crippen LogP contribution is -2.49. The van der Waals surface area contributed by atoms with Crippen LogP contribution >= 0.6 is 11.7 Å². The fraction of sp³-hybridized carbons (Fsp3) is 0.788. The summed E-state index contributed by atoms with van der Waals surface area (Å²) in [7, 11) is 2.16. The van der Waals surface area contributed by atoms with E-state index in [1.165, 1.54) is 102 Å². The summed E-state index contributed by atoms with van der Waals surface area (Å²) in [6.45, 7) is 7.31. The second kappa shape index (κ2) is 21.9. The van der Waals surface area contributed by atoms with Gasteiger partial charge in [0.15, 0.2) is 0 Å². The molecule has 7 heteroatoms. The number of ether oxygens (including phenoxy) is 2. The number of aromatic nitrogens is 2. The summed E-state index contributed by atoms with van der Waals surface area (Å²) in [6, 6.07) is 0. The van der Waals surface area contributed by atoms with E-state index in [-0.39, 0.29) is 5.97 Å². The smallest absolute Gasteiger partial charge is 0.310 e. The molecular formula is C33H58N3O3S+. The number of hydrogen-bond donors (Lipinski definition) is 0. The molecule has 0 aromatic carbocycles. The van der Waals surface area contributed by atoms with Crippen LogP contribution in [0.25, 0.3) is 5.57 Å². The summed E-state index contributed by atoms with van der Waals surface area (Å²) in [5, 5.41) is 0.